The Labute approximate surface area is 189 Å². The van der Waals surface area contributed by atoms with Gasteiger partial charge in [-0.25, -0.2) is 9.59 Å². The number of anilines is 1. The summed E-state index contributed by atoms with van der Waals surface area (Å²) in [6.07, 6.45) is 4.25. The highest BCUT2D eigenvalue weighted by Crippen LogP contribution is 2.62. The molecule has 4 fully saturated rings. The van der Waals surface area contributed by atoms with Crippen molar-refractivity contribution in [3.8, 4) is 0 Å². The van der Waals surface area contributed by atoms with Crippen LogP contribution in [-0.2, 0) is 23.8 Å². The van der Waals surface area contributed by atoms with E-state index in [4.69, 9.17) is 14.2 Å². The zero-order chi connectivity index (χ0) is 23.3. The largest absolute Gasteiger partial charge is 0.465 e. The summed E-state index contributed by atoms with van der Waals surface area (Å²) in [5.74, 6) is -1.80. The average molecular weight is 466 g/mol. The lowest BCUT2D eigenvalue weighted by Crippen LogP contribution is -2.58. The molecule has 4 aliphatic carbocycles. The summed E-state index contributed by atoms with van der Waals surface area (Å²) >= 11 is 0.891. The van der Waals surface area contributed by atoms with Crippen molar-refractivity contribution < 1.29 is 38.5 Å². The standard InChI is InChI=1S/C22H27NO8S/c1-11-15(18(25)29-2)17(32-16(11)19(26)30-3)23-14(24)9-31-20(27)21-5-12-4-13(6-21)8-22(28,7-12)10-21/h12-13,28H,4-10H2,1-3H3,(H,23,24). The summed E-state index contributed by atoms with van der Waals surface area (Å²) in [5, 5.41) is 13.5. The van der Waals surface area contributed by atoms with Crippen molar-refractivity contribution in [3.63, 3.8) is 0 Å². The normalized spacial score (nSPS) is 30.0. The summed E-state index contributed by atoms with van der Waals surface area (Å²) in [6, 6.07) is 0. The highest BCUT2D eigenvalue weighted by atomic mass is 32.1. The molecule has 0 aliphatic heterocycles. The molecule has 174 valence electrons. The first kappa shape index (κ1) is 22.7. The summed E-state index contributed by atoms with van der Waals surface area (Å²) in [4.78, 5) is 49.8. The fraction of sp³-hybridized carbons (Fsp3) is 0.636. The van der Waals surface area contributed by atoms with E-state index in [0.29, 0.717) is 36.7 Å². The van der Waals surface area contributed by atoms with E-state index in [1.54, 1.807) is 6.92 Å². The van der Waals surface area contributed by atoms with Gasteiger partial charge in [-0.2, -0.15) is 0 Å². The number of carbonyl (C=O) groups excluding carboxylic acids is 4. The zero-order valence-electron chi connectivity index (χ0n) is 18.3. The Bertz CT molecular complexity index is 969. The molecular weight excluding hydrogens is 438 g/mol. The molecule has 5 rings (SSSR count). The first-order chi connectivity index (χ1) is 15.1. The Morgan fingerprint density at radius 1 is 1.06 bits per heavy atom. The molecule has 0 radical (unpaired) electrons. The van der Waals surface area contributed by atoms with Gasteiger partial charge in [0.2, 0.25) is 0 Å². The molecule has 1 aromatic rings. The molecule has 1 aromatic heterocycles. The lowest BCUT2D eigenvalue weighted by molar-refractivity contribution is -0.196. The number of ether oxygens (including phenoxy) is 3. The molecule has 9 nitrogen and oxygen atoms in total. The van der Waals surface area contributed by atoms with Gasteiger partial charge in [-0.1, -0.05) is 0 Å². The quantitative estimate of drug-likeness (QED) is 0.484. The minimum Gasteiger partial charge on any atom is -0.465 e. The van der Waals surface area contributed by atoms with Gasteiger partial charge in [-0.3, -0.25) is 9.59 Å². The minimum atomic E-state index is -0.806. The van der Waals surface area contributed by atoms with Crippen molar-refractivity contribution in [2.45, 2.75) is 51.0 Å². The van der Waals surface area contributed by atoms with E-state index in [2.05, 4.69) is 5.32 Å². The Hall–Kier alpha value is -2.46. The molecule has 32 heavy (non-hydrogen) atoms. The molecule has 0 spiro atoms. The number of hydrogen-bond acceptors (Lipinski definition) is 9. The molecule has 0 saturated heterocycles. The number of nitrogens with one attached hydrogen (secondary N) is 1. The van der Waals surface area contributed by atoms with Crippen LogP contribution in [-0.4, -0.2) is 55.3 Å². The van der Waals surface area contributed by atoms with E-state index in [0.717, 1.165) is 30.6 Å². The highest BCUT2D eigenvalue weighted by molar-refractivity contribution is 7.18. The van der Waals surface area contributed by atoms with E-state index >= 15 is 0 Å². The number of aliphatic hydroxyl groups is 1. The van der Waals surface area contributed by atoms with Crippen molar-refractivity contribution in [1.29, 1.82) is 0 Å². The van der Waals surface area contributed by atoms with Crippen molar-refractivity contribution in [2.75, 3.05) is 26.1 Å². The number of rotatable bonds is 6. The molecular formula is C22H27NO8S. The predicted octanol–water partition coefficient (Wildman–Crippen LogP) is 2.44. The van der Waals surface area contributed by atoms with E-state index in [9.17, 15) is 24.3 Å². The number of methoxy groups -OCH3 is 2. The number of carbonyl (C=O) groups is 4. The molecule has 2 unspecified atom stereocenters. The molecule has 0 aromatic carbocycles. The SMILES string of the molecule is COC(=O)c1sc(NC(=O)COC(=O)C23CC4CC(CC(O)(C4)C2)C3)c(C(=O)OC)c1C. The fourth-order valence-electron chi connectivity index (χ4n) is 6.14. The van der Waals surface area contributed by atoms with Gasteiger partial charge in [0.05, 0.1) is 30.8 Å². The third kappa shape index (κ3) is 3.90. The van der Waals surface area contributed by atoms with E-state index in [1.165, 1.54) is 14.2 Å². The zero-order valence-corrected chi connectivity index (χ0v) is 19.1. The molecule has 2 atom stereocenters. The highest BCUT2D eigenvalue weighted by Gasteiger charge is 2.60. The van der Waals surface area contributed by atoms with E-state index in [1.807, 2.05) is 0 Å². The second kappa shape index (κ2) is 8.15. The van der Waals surface area contributed by atoms with Crippen LogP contribution >= 0.6 is 11.3 Å². The number of hydrogen-bond donors (Lipinski definition) is 2. The van der Waals surface area contributed by atoms with Gasteiger partial charge >= 0.3 is 17.9 Å². The Kier molecular flexibility index (Phi) is 5.79. The molecule has 1 amide bonds. The monoisotopic (exact) mass is 465 g/mol. The fourth-order valence-corrected chi connectivity index (χ4v) is 7.27. The average Bonchev–Trinajstić information content (AvgIpc) is 3.04. The Morgan fingerprint density at radius 3 is 2.25 bits per heavy atom. The van der Waals surface area contributed by atoms with Gasteiger partial charge in [-0.05, 0) is 62.8 Å². The molecule has 4 bridgehead atoms. The van der Waals surface area contributed by atoms with Gasteiger partial charge in [0, 0.05) is 0 Å². The number of thiophene rings is 1. The van der Waals surface area contributed by atoms with Crippen LogP contribution in [0.2, 0.25) is 0 Å². The van der Waals surface area contributed by atoms with Gasteiger partial charge in [0.25, 0.3) is 5.91 Å². The minimum absolute atomic E-state index is 0.0564. The smallest absolute Gasteiger partial charge is 0.348 e. The third-order valence-electron chi connectivity index (χ3n) is 6.96. The van der Waals surface area contributed by atoms with Crippen molar-refractivity contribution in [2.24, 2.45) is 17.3 Å². The van der Waals surface area contributed by atoms with E-state index < -0.39 is 41.4 Å². The van der Waals surface area contributed by atoms with Crippen LogP contribution in [0, 0.1) is 24.2 Å². The second-order valence-electron chi connectivity index (χ2n) is 9.33. The van der Waals surface area contributed by atoms with E-state index in [-0.39, 0.29) is 15.4 Å². The second-order valence-corrected chi connectivity index (χ2v) is 10.4. The van der Waals surface area contributed by atoms with Crippen LogP contribution in [0.4, 0.5) is 5.00 Å². The number of amides is 1. The Balaban J connectivity index is 1.44. The first-order valence-corrected chi connectivity index (χ1v) is 11.4. The van der Waals surface area contributed by atoms with Crippen LogP contribution < -0.4 is 5.32 Å². The lowest BCUT2D eigenvalue weighted by Gasteiger charge is -2.58. The van der Waals surface area contributed by atoms with Gasteiger partial charge in [-0.15, -0.1) is 11.3 Å². The molecule has 2 N–H and O–H groups in total. The lowest BCUT2D eigenvalue weighted by atomic mass is 9.48. The maximum atomic E-state index is 13.0. The maximum absolute atomic E-state index is 13.0. The summed E-state index contributed by atoms with van der Waals surface area (Å²) in [7, 11) is 2.42. The predicted molar refractivity (Wildman–Crippen MR) is 113 cm³/mol. The van der Waals surface area contributed by atoms with Crippen LogP contribution in [0.15, 0.2) is 0 Å². The Morgan fingerprint density at radius 2 is 1.69 bits per heavy atom. The summed E-state index contributed by atoms with van der Waals surface area (Å²) < 4.78 is 14.9. The van der Waals surface area contributed by atoms with Crippen LogP contribution in [0.5, 0.6) is 0 Å². The van der Waals surface area contributed by atoms with Gasteiger partial charge < -0.3 is 24.6 Å². The topological polar surface area (TPSA) is 128 Å². The van der Waals surface area contributed by atoms with Gasteiger partial charge in [0.15, 0.2) is 6.61 Å². The number of esters is 3. The summed E-state index contributed by atoms with van der Waals surface area (Å²) in [6.45, 7) is 1.03. The molecule has 4 saturated carbocycles. The molecule has 10 heteroatoms. The maximum Gasteiger partial charge on any atom is 0.348 e. The van der Waals surface area contributed by atoms with Crippen LogP contribution in [0.3, 0.4) is 0 Å². The van der Waals surface area contributed by atoms with Crippen molar-refractivity contribution in [3.05, 3.63) is 16.0 Å². The third-order valence-corrected chi connectivity index (χ3v) is 8.14. The molecule has 4 aliphatic rings. The van der Waals surface area contributed by atoms with Crippen molar-refractivity contribution in [1.82, 2.24) is 0 Å². The summed E-state index contributed by atoms with van der Waals surface area (Å²) in [5.41, 5.74) is -1.14. The van der Waals surface area contributed by atoms with Crippen LogP contribution in [0.1, 0.15) is 64.1 Å². The molecule has 1 heterocycles. The van der Waals surface area contributed by atoms with Gasteiger partial charge in [0.1, 0.15) is 9.88 Å². The van der Waals surface area contributed by atoms with Crippen molar-refractivity contribution >= 4 is 40.2 Å². The van der Waals surface area contributed by atoms with Crippen LogP contribution in [0.25, 0.3) is 0 Å². The first-order valence-electron chi connectivity index (χ1n) is 10.6.